The van der Waals surface area contributed by atoms with Gasteiger partial charge in [-0.3, -0.25) is 4.79 Å². The van der Waals surface area contributed by atoms with Gasteiger partial charge in [-0.1, -0.05) is 30.3 Å². The van der Waals surface area contributed by atoms with Crippen molar-refractivity contribution in [3.8, 4) is 17.1 Å². The molecule has 1 heterocycles. The molecular formula is C18H16N2O3. The van der Waals surface area contributed by atoms with E-state index in [1.807, 2.05) is 49.4 Å². The number of ether oxygens (including phenoxy) is 1. The molecule has 23 heavy (non-hydrogen) atoms. The second kappa shape index (κ2) is 6.36. The molecule has 0 fully saturated rings. The topological polar surface area (TPSA) is 64.4 Å². The van der Waals surface area contributed by atoms with Crippen molar-refractivity contribution in [3.05, 3.63) is 66.2 Å². The summed E-state index contributed by atoms with van der Waals surface area (Å²) in [7, 11) is 1.59. The second-order valence-electron chi connectivity index (χ2n) is 5.03. The van der Waals surface area contributed by atoms with Crippen LogP contribution in [0.5, 0.6) is 5.75 Å². The quantitative estimate of drug-likeness (QED) is 0.793. The molecule has 1 aromatic heterocycles. The Hall–Kier alpha value is -3.08. The molecule has 0 unspecified atom stereocenters. The maximum Gasteiger partial charge on any atom is 0.278 e. The third kappa shape index (κ3) is 3.08. The van der Waals surface area contributed by atoms with Gasteiger partial charge in [0.2, 0.25) is 0 Å². The van der Waals surface area contributed by atoms with Crippen LogP contribution < -0.4 is 10.1 Å². The van der Waals surface area contributed by atoms with Crippen molar-refractivity contribution in [2.75, 3.05) is 12.4 Å². The second-order valence-corrected chi connectivity index (χ2v) is 5.03. The summed E-state index contributed by atoms with van der Waals surface area (Å²) in [6, 6.07) is 14.9. The molecule has 0 radical (unpaired) electrons. The Morgan fingerprint density at radius 1 is 1.17 bits per heavy atom. The lowest BCUT2D eigenvalue weighted by atomic mass is 10.1. The molecule has 0 bridgehead atoms. The number of amides is 1. The van der Waals surface area contributed by atoms with Crippen LogP contribution in [0.1, 0.15) is 16.1 Å². The van der Waals surface area contributed by atoms with Gasteiger partial charge in [0, 0.05) is 11.3 Å². The highest BCUT2D eigenvalue weighted by molar-refractivity contribution is 6.06. The van der Waals surface area contributed by atoms with Crippen molar-refractivity contribution in [3.63, 3.8) is 0 Å². The van der Waals surface area contributed by atoms with Crippen LogP contribution in [0, 0.1) is 6.92 Å². The molecule has 5 heteroatoms. The van der Waals surface area contributed by atoms with E-state index in [1.54, 1.807) is 13.2 Å². The fourth-order valence-corrected chi connectivity index (χ4v) is 2.27. The SMILES string of the molecule is COc1cccc(-c2ocnc2C(=O)Nc2ccccc2C)c1. The first-order valence-electron chi connectivity index (χ1n) is 7.14. The Kier molecular flexibility index (Phi) is 4.10. The molecule has 0 aliphatic rings. The summed E-state index contributed by atoms with van der Waals surface area (Å²) in [4.78, 5) is 16.6. The first kappa shape index (κ1) is 14.8. The van der Waals surface area contributed by atoms with Gasteiger partial charge in [-0.15, -0.1) is 0 Å². The molecule has 116 valence electrons. The predicted molar refractivity (Wildman–Crippen MR) is 87.6 cm³/mol. The number of benzene rings is 2. The number of para-hydroxylation sites is 1. The van der Waals surface area contributed by atoms with Crippen LogP contribution in [0.4, 0.5) is 5.69 Å². The molecule has 1 amide bonds. The van der Waals surface area contributed by atoms with Crippen molar-refractivity contribution in [2.24, 2.45) is 0 Å². The first-order valence-corrected chi connectivity index (χ1v) is 7.14. The van der Waals surface area contributed by atoms with Crippen LogP contribution in [0.15, 0.2) is 59.3 Å². The van der Waals surface area contributed by atoms with Gasteiger partial charge in [0.15, 0.2) is 17.8 Å². The molecular weight excluding hydrogens is 292 g/mol. The van der Waals surface area contributed by atoms with Gasteiger partial charge in [0.25, 0.3) is 5.91 Å². The van der Waals surface area contributed by atoms with E-state index in [1.165, 1.54) is 6.39 Å². The highest BCUT2D eigenvalue weighted by Gasteiger charge is 2.19. The number of aryl methyl sites for hydroxylation is 1. The zero-order valence-corrected chi connectivity index (χ0v) is 12.9. The standard InChI is InChI=1S/C18H16N2O3/c1-12-6-3-4-9-15(12)20-18(21)16-17(23-11-19-16)13-7-5-8-14(10-13)22-2/h3-11H,1-2H3,(H,20,21). The maximum atomic E-state index is 12.5. The summed E-state index contributed by atoms with van der Waals surface area (Å²) >= 11 is 0. The number of carbonyl (C=O) groups is 1. The Morgan fingerprint density at radius 3 is 2.78 bits per heavy atom. The third-order valence-corrected chi connectivity index (χ3v) is 3.51. The molecule has 0 saturated heterocycles. The van der Waals surface area contributed by atoms with Gasteiger partial charge < -0.3 is 14.5 Å². The van der Waals surface area contributed by atoms with E-state index in [-0.39, 0.29) is 11.6 Å². The monoisotopic (exact) mass is 308 g/mol. The minimum atomic E-state index is -0.314. The van der Waals surface area contributed by atoms with Crippen LogP contribution in [-0.2, 0) is 0 Å². The van der Waals surface area contributed by atoms with Gasteiger partial charge >= 0.3 is 0 Å². The van der Waals surface area contributed by atoms with Crippen LogP contribution in [0.2, 0.25) is 0 Å². The summed E-state index contributed by atoms with van der Waals surface area (Å²) in [5.74, 6) is 0.782. The number of carbonyl (C=O) groups excluding carboxylic acids is 1. The lowest BCUT2D eigenvalue weighted by Gasteiger charge is -2.07. The Labute approximate surface area is 133 Å². The molecule has 3 aromatic rings. The Morgan fingerprint density at radius 2 is 2.00 bits per heavy atom. The predicted octanol–water partition coefficient (Wildman–Crippen LogP) is 3.91. The molecule has 5 nitrogen and oxygen atoms in total. The van der Waals surface area contributed by atoms with E-state index < -0.39 is 0 Å². The molecule has 3 rings (SSSR count). The smallest absolute Gasteiger partial charge is 0.278 e. The molecule has 0 aliphatic heterocycles. The lowest BCUT2D eigenvalue weighted by molar-refractivity contribution is 0.102. The largest absolute Gasteiger partial charge is 0.497 e. The molecule has 0 spiro atoms. The Balaban J connectivity index is 1.91. The minimum Gasteiger partial charge on any atom is -0.497 e. The summed E-state index contributed by atoms with van der Waals surface area (Å²) in [6.45, 7) is 1.93. The highest BCUT2D eigenvalue weighted by Crippen LogP contribution is 2.27. The molecule has 1 N–H and O–H groups in total. The molecule has 2 aromatic carbocycles. The highest BCUT2D eigenvalue weighted by atomic mass is 16.5. The number of nitrogens with zero attached hydrogens (tertiary/aromatic N) is 1. The van der Waals surface area contributed by atoms with E-state index in [0.717, 1.165) is 16.8 Å². The maximum absolute atomic E-state index is 12.5. The van der Waals surface area contributed by atoms with E-state index in [4.69, 9.17) is 9.15 Å². The zero-order chi connectivity index (χ0) is 16.2. The molecule has 0 atom stereocenters. The summed E-state index contributed by atoms with van der Waals surface area (Å²) in [6.07, 6.45) is 1.27. The normalized spacial score (nSPS) is 10.3. The fraction of sp³-hybridized carbons (Fsp3) is 0.111. The lowest BCUT2D eigenvalue weighted by Crippen LogP contribution is -2.14. The first-order chi connectivity index (χ1) is 11.2. The van der Waals surface area contributed by atoms with E-state index in [9.17, 15) is 4.79 Å². The van der Waals surface area contributed by atoms with Crippen LogP contribution in [0.25, 0.3) is 11.3 Å². The van der Waals surface area contributed by atoms with E-state index in [2.05, 4.69) is 10.3 Å². The van der Waals surface area contributed by atoms with Gasteiger partial charge in [0.05, 0.1) is 7.11 Å². The summed E-state index contributed by atoms with van der Waals surface area (Å²) in [5.41, 5.74) is 2.70. The van der Waals surface area contributed by atoms with Gasteiger partial charge in [-0.05, 0) is 30.7 Å². The van der Waals surface area contributed by atoms with E-state index >= 15 is 0 Å². The summed E-state index contributed by atoms with van der Waals surface area (Å²) in [5, 5.41) is 2.86. The van der Waals surface area contributed by atoms with Crippen molar-refractivity contribution in [1.29, 1.82) is 0 Å². The molecule has 0 saturated carbocycles. The minimum absolute atomic E-state index is 0.238. The van der Waals surface area contributed by atoms with Crippen LogP contribution >= 0.6 is 0 Å². The average Bonchev–Trinajstić information content (AvgIpc) is 3.07. The number of oxazole rings is 1. The Bertz CT molecular complexity index is 840. The van der Waals surface area contributed by atoms with Gasteiger partial charge in [0.1, 0.15) is 5.75 Å². The number of methoxy groups -OCH3 is 1. The van der Waals surface area contributed by atoms with Crippen molar-refractivity contribution in [1.82, 2.24) is 4.98 Å². The number of hydrogen-bond acceptors (Lipinski definition) is 4. The van der Waals surface area contributed by atoms with Gasteiger partial charge in [-0.2, -0.15) is 0 Å². The van der Waals surface area contributed by atoms with Crippen LogP contribution in [-0.4, -0.2) is 18.0 Å². The summed E-state index contributed by atoms with van der Waals surface area (Å²) < 4.78 is 10.6. The number of aromatic nitrogens is 1. The van der Waals surface area contributed by atoms with Crippen LogP contribution in [0.3, 0.4) is 0 Å². The fourth-order valence-electron chi connectivity index (χ4n) is 2.27. The van der Waals surface area contributed by atoms with Crippen molar-refractivity contribution < 1.29 is 13.9 Å². The van der Waals surface area contributed by atoms with Gasteiger partial charge in [-0.25, -0.2) is 4.98 Å². The third-order valence-electron chi connectivity index (χ3n) is 3.51. The zero-order valence-electron chi connectivity index (χ0n) is 12.9. The number of nitrogens with one attached hydrogen (secondary N) is 1. The van der Waals surface area contributed by atoms with E-state index in [0.29, 0.717) is 11.5 Å². The van der Waals surface area contributed by atoms with Crippen molar-refractivity contribution >= 4 is 11.6 Å². The number of rotatable bonds is 4. The molecule has 0 aliphatic carbocycles. The number of hydrogen-bond donors (Lipinski definition) is 1. The average molecular weight is 308 g/mol. The van der Waals surface area contributed by atoms with Crippen molar-refractivity contribution in [2.45, 2.75) is 6.92 Å². The number of anilines is 1.